The Labute approximate surface area is 179 Å². The van der Waals surface area contributed by atoms with Crippen LogP contribution < -0.4 is 9.64 Å². The third kappa shape index (κ3) is 4.87. The molecule has 0 radical (unpaired) electrons. The number of aryl methyl sites for hydroxylation is 2. The molecule has 0 spiro atoms. The second-order valence-electron chi connectivity index (χ2n) is 7.43. The van der Waals surface area contributed by atoms with Gasteiger partial charge in [0.2, 0.25) is 10.0 Å². The van der Waals surface area contributed by atoms with Crippen LogP contribution in [0, 0.1) is 13.8 Å². The summed E-state index contributed by atoms with van der Waals surface area (Å²) < 4.78 is 34.2. The number of anilines is 1. The van der Waals surface area contributed by atoms with E-state index in [-0.39, 0.29) is 4.90 Å². The quantitative estimate of drug-likeness (QED) is 0.593. The first-order valence-corrected chi connectivity index (χ1v) is 11.9. The molecule has 0 aliphatic carbocycles. The van der Waals surface area contributed by atoms with Crippen LogP contribution >= 0.6 is 11.6 Å². The van der Waals surface area contributed by atoms with Crippen LogP contribution in [0.2, 0.25) is 5.02 Å². The molecule has 2 aromatic rings. The van der Waals surface area contributed by atoms with Gasteiger partial charge >= 0.3 is 0 Å². The van der Waals surface area contributed by atoms with E-state index < -0.39 is 10.0 Å². The van der Waals surface area contributed by atoms with Gasteiger partial charge in [0.15, 0.2) is 0 Å². The van der Waals surface area contributed by atoms with Crippen LogP contribution in [0.15, 0.2) is 41.3 Å². The summed E-state index contributed by atoms with van der Waals surface area (Å²) in [6.07, 6.45) is 1.89. The van der Waals surface area contributed by atoms with Crippen LogP contribution in [0.4, 0.5) is 5.69 Å². The molecule has 1 aliphatic rings. The van der Waals surface area contributed by atoms with Gasteiger partial charge in [-0.1, -0.05) is 37.1 Å². The van der Waals surface area contributed by atoms with Crippen molar-refractivity contribution in [3.63, 3.8) is 0 Å². The third-order valence-corrected chi connectivity index (χ3v) is 7.60. The van der Waals surface area contributed by atoms with Gasteiger partial charge in [0.25, 0.3) is 0 Å². The number of ether oxygens (including phenoxy) is 1. The number of hydrogen-bond donors (Lipinski definition) is 0. The van der Waals surface area contributed by atoms with Gasteiger partial charge in [-0.15, -0.1) is 0 Å². The highest BCUT2D eigenvalue weighted by Gasteiger charge is 2.31. The molecule has 1 heterocycles. The van der Waals surface area contributed by atoms with Crippen molar-refractivity contribution in [1.82, 2.24) is 4.31 Å². The zero-order valence-electron chi connectivity index (χ0n) is 17.3. The van der Waals surface area contributed by atoms with Crippen molar-refractivity contribution >= 4 is 27.3 Å². The van der Waals surface area contributed by atoms with E-state index in [4.69, 9.17) is 16.3 Å². The molecular formula is C22H29ClN2O3S. The summed E-state index contributed by atoms with van der Waals surface area (Å²) in [6, 6.07) is 11.3. The first kappa shape index (κ1) is 21.9. The molecule has 0 amide bonds. The van der Waals surface area contributed by atoms with E-state index in [0.717, 1.165) is 29.7 Å². The number of rotatable bonds is 7. The van der Waals surface area contributed by atoms with Crippen LogP contribution in [0.1, 0.15) is 30.9 Å². The smallest absolute Gasteiger partial charge is 0.246 e. The zero-order valence-corrected chi connectivity index (χ0v) is 18.9. The molecule has 29 heavy (non-hydrogen) atoms. The minimum absolute atomic E-state index is 0.267. The number of sulfonamides is 1. The fraction of sp³-hybridized carbons (Fsp3) is 0.455. The van der Waals surface area contributed by atoms with Gasteiger partial charge in [-0.05, 0) is 55.7 Å². The molecule has 0 unspecified atom stereocenters. The number of hydrogen-bond acceptors (Lipinski definition) is 4. The third-order valence-electron chi connectivity index (χ3n) is 5.37. The monoisotopic (exact) mass is 436 g/mol. The second-order valence-corrected chi connectivity index (χ2v) is 9.74. The topological polar surface area (TPSA) is 49.9 Å². The largest absolute Gasteiger partial charge is 0.492 e. The van der Waals surface area contributed by atoms with Crippen LogP contribution in [-0.4, -0.2) is 45.5 Å². The molecule has 0 bridgehead atoms. The maximum Gasteiger partial charge on any atom is 0.246 e. The van der Waals surface area contributed by atoms with Crippen molar-refractivity contribution in [2.45, 2.75) is 38.5 Å². The van der Waals surface area contributed by atoms with Crippen molar-refractivity contribution < 1.29 is 13.2 Å². The SMILES string of the molecule is CCCCOc1cc(C)c(C)cc1S(=O)(=O)N1CCN(c2ccccc2Cl)CC1. The maximum absolute atomic E-state index is 13.4. The Balaban J connectivity index is 1.81. The lowest BCUT2D eigenvalue weighted by molar-refractivity contribution is 0.299. The molecule has 0 saturated carbocycles. The molecule has 158 valence electrons. The fourth-order valence-corrected chi connectivity index (χ4v) is 5.30. The van der Waals surface area contributed by atoms with Gasteiger partial charge in [-0.25, -0.2) is 8.42 Å². The summed E-state index contributed by atoms with van der Waals surface area (Å²) in [5, 5.41) is 0.685. The van der Waals surface area contributed by atoms with E-state index in [1.54, 1.807) is 10.4 Å². The summed E-state index contributed by atoms with van der Waals surface area (Å²) in [5.41, 5.74) is 2.92. The predicted molar refractivity (Wildman–Crippen MR) is 119 cm³/mol. The van der Waals surface area contributed by atoms with Crippen LogP contribution in [0.5, 0.6) is 5.75 Å². The zero-order chi connectivity index (χ0) is 21.0. The first-order chi connectivity index (χ1) is 13.8. The number of piperazine rings is 1. The van der Waals surface area contributed by atoms with Crippen LogP contribution in [0.3, 0.4) is 0 Å². The molecule has 5 nitrogen and oxygen atoms in total. The Hall–Kier alpha value is -1.76. The Kier molecular flexibility index (Phi) is 7.09. The lowest BCUT2D eigenvalue weighted by Gasteiger charge is -2.36. The average Bonchev–Trinajstić information content (AvgIpc) is 2.71. The van der Waals surface area contributed by atoms with E-state index in [1.165, 1.54) is 0 Å². The molecule has 7 heteroatoms. The summed E-state index contributed by atoms with van der Waals surface area (Å²) in [7, 11) is -3.64. The van der Waals surface area contributed by atoms with Gasteiger partial charge < -0.3 is 9.64 Å². The highest BCUT2D eigenvalue weighted by molar-refractivity contribution is 7.89. The van der Waals surface area contributed by atoms with Gasteiger partial charge in [0.05, 0.1) is 17.3 Å². The van der Waals surface area contributed by atoms with Crippen molar-refractivity contribution in [2.24, 2.45) is 0 Å². The van der Waals surface area contributed by atoms with E-state index >= 15 is 0 Å². The number of unbranched alkanes of at least 4 members (excludes halogenated alkanes) is 1. The number of nitrogens with zero attached hydrogens (tertiary/aromatic N) is 2. The molecule has 3 rings (SSSR count). The van der Waals surface area contributed by atoms with E-state index in [0.29, 0.717) is 43.6 Å². The molecule has 2 aromatic carbocycles. The molecule has 1 aliphatic heterocycles. The van der Waals surface area contributed by atoms with E-state index in [9.17, 15) is 8.42 Å². The standard InChI is InChI=1S/C22H29ClN2O3S/c1-4-5-14-28-21-15-17(2)18(3)16-22(21)29(26,27)25-12-10-24(11-13-25)20-9-7-6-8-19(20)23/h6-9,15-16H,4-5,10-14H2,1-3H3. The van der Waals surface area contributed by atoms with Crippen molar-refractivity contribution in [1.29, 1.82) is 0 Å². The summed E-state index contributed by atoms with van der Waals surface area (Å²) in [6.45, 7) is 8.52. The molecule has 0 aromatic heterocycles. The van der Waals surface area contributed by atoms with E-state index in [2.05, 4.69) is 11.8 Å². The minimum atomic E-state index is -3.64. The normalized spacial score (nSPS) is 15.5. The molecule has 1 fully saturated rings. The number of halogens is 1. The van der Waals surface area contributed by atoms with Crippen molar-refractivity contribution in [3.05, 3.63) is 52.5 Å². The predicted octanol–water partition coefficient (Wildman–Crippen LogP) is 4.65. The average molecular weight is 437 g/mol. The Bertz CT molecular complexity index is 955. The van der Waals surface area contributed by atoms with Gasteiger partial charge in [0, 0.05) is 26.2 Å². The lowest BCUT2D eigenvalue weighted by atomic mass is 10.1. The molecule has 1 saturated heterocycles. The highest BCUT2D eigenvalue weighted by Crippen LogP contribution is 2.32. The second kappa shape index (κ2) is 9.37. The summed E-state index contributed by atoms with van der Waals surface area (Å²) in [4.78, 5) is 2.40. The van der Waals surface area contributed by atoms with Crippen molar-refractivity contribution in [3.8, 4) is 5.75 Å². The maximum atomic E-state index is 13.4. The fourth-order valence-electron chi connectivity index (χ4n) is 3.42. The highest BCUT2D eigenvalue weighted by atomic mass is 35.5. The molecule has 0 N–H and O–H groups in total. The minimum Gasteiger partial charge on any atom is -0.492 e. The van der Waals surface area contributed by atoms with Crippen LogP contribution in [0.25, 0.3) is 0 Å². The van der Waals surface area contributed by atoms with E-state index in [1.807, 2.05) is 44.2 Å². The Morgan fingerprint density at radius 3 is 2.34 bits per heavy atom. The Morgan fingerprint density at radius 1 is 1.03 bits per heavy atom. The van der Waals surface area contributed by atoms with Crippen LogP contribution in [-0.2, 0) is 10.0 Å². The molecule has 0 atom stereocenters. The lowest BCUT2D eigenvalue weighted by Crippen LogP contribution is -2.48. The number of benzene rings is 2. The van der Waals surface area contributed by atoms with Gasteiger partial charge in [0.1, 0.15) is 10.6 Å². The summed E-state index contributed by atoms with van der Waals surface area (Å²) >= 11 is 6.30. The first-order valence-electron chi connectivity index (χ1n) is 10.1. The van der Waals surface area contributed by atoms with Gasteiger partial charge in [-0.2, -0.15) is 4.31 Å². The Morgan fingerprint density at radius 2 is 1.69 bits per heavy atom. The van der Waals surface area contributed by atoms with Crippen molar-refractivity contribution in [2.75, 3.05) is 37.7 Å². The summed E-state index contributed by atoms with van der Waals surface area (Å²) in [5.74, 6) is 0.454. The molecular weight excluding hydrogens is 408 g/mol. The van der Waals surface area contributed by atoms with Gasteiger partial charge in [-0.3, -0.25) is 0 Å². The number of para-hydroxylation sites is 1.